The third-order valence-electron chi connectivity index (χ3n) is 16.7. The number of fused-ring (bicyclic) bond motifs is 2. The Labute approximate surface area is 401 Å². The maximum Gasteiger partial charge on any atom is -0.00391 e. The summed E-state index contributed by atoms with van der Waals surface area (Å²) in [5.74, 6) is 6.73. The van der Waals surface area contributed by atoms with Crippen LogP contribution in [0.4, 0.5) is 0 Å². The van der Waals surface area contributed by atoms with E-state index in [1.54, 1.807) is 34.5 Å². The Kier molecular flexibility index (Phi) is 14.2. The molecule has 6 aromatic carbocycles. The van der Waals surface area contributed by atoms with Gasteiger partial charge in [-0.3, -0.25) is 0 Å². The molecule has 0 amide bonds. The van der Waals surface area contributed by atoms with Crippen LogP contribution in [0, 0.1) is 42.4 Å². The summed E-state index contributed by atoms with van der Waals surface area (Å²) in [7, 11) is 0. The molecule has 0 nitrogen and oxygen atoms in total. The van der Waals surface area contributed by atoms with E-state index < -0.39 is 0 Å². The molecule has 324 valence electrons. The second kappa shape index (κ2) is 18.9. The molecule has 0 saturated heterocycles. The number of benzene rings is 4. The first-order chi connectivity index (χ1) is 29.0. The van der Waals surface area contributed by atoms with Crippen molar-refractivity contribution in [3.8, 4) is 22.3 Å². The molecule has 0 radical (unpaired) electrons. The Morgan fingerprint density at radius 3 is 1.34 bits per heavy atom. The third-order valence-corrected chi connectivity index (χ3v) is 16.7. The molecule has 8 aliphatic carbocycles. The molecule has 6 aromatic rings. The summed E-state index contributed by atoms with van der Waals surface area (Å²) >= 11 is 1.74. The van der Waals surface area contributed by atoms with Crippen LogP contribution >= 0.6 is 0 Å². The molecule has 1 atom stereocenters. The van der Waals surface area contributed by atoms with Gasteiger partial charge in [0.25, 0.3) is 0 Å². The summed E-state index contributed by atoms with van der Waals surface area (Å²) in [5.41, 5.74) is 12.9. The molecule has 8 fully saturated rings. The van der Waals surface area contributed by atoms with Crippen molar-refractivity contribution in [3.63, 3.8) is 0 Å². The Morgan fingerprint density at radius 1 is 0.581 bits per heavy atom. The van der Waals surface area contributed by atoms with Crippen LogP contribution in [0.15, 0.2) is 109 Å². The summed E-state index contributed by atoms with van der Waals surface area (Å²) < 4.78 is 0. The largest absolute Gasteiger partial charge is 1.00 e. The zero-order valence-corrected chi connectivity index (χ0v) is 43.1. The minimum absolute atomic E-state index is 0. The second-order valence-corrected chi connectivity index (χ2v) is 31.1. The summed E-state index contributed by atoms with van der Waals surface area (Å²) in [6.45, 7) is 11.5. The Bertz CT molecular complexity index is 2410. The molecule has 4 heteroatoms. The van der Waals surface area contributed by atoms with Gasteiger partial charge in [-0.25, -0.2) is 0 Å². The van der Waals surface area contributed by atoms with Crippen molar-refractivity contribution in [2.24, 2.45) is 35.5 Å². The van der Waals surface area contributed by atoms with Gasteiger partial charge in [-0.2, -0.15) is 12.1 Å². The maximum atomic E-state index is 2.49. The molecule has 0 heterocycles. The van der Waals surface area contributed by atoms with Crippen LogP contribution in [0.5, 0.6) is 0 Å². The molecule has 0 N–H and O–H groups in total. The van der Waals surface area contributed by atoms with Crippen LogP contribution in [0.25, 0.3) is 43.8 Å². The summed E-state index contributed by atoms with van der Waals surface area (Å²) in [6, 6.07) is 42.6. The number of rotatable bonds is 7. The van der Waals surface area contributed by atoms with Gasteiger partial charge in [-0.15, -0.1) is 69.1 Å². The number of halogens is 2. The van der Waals surface area contributed by atoms with Crippen molar-refractivity contribution in [2.75, 3.05) is 0 Å². The predicted molar refractivity (Wildman–Crippen MR) is 255 cm³/mol. The average molecular weight is 955 g/mol. The summed E-state index contributed by atoms with van der Waals surface area (Å²) in [5, 5.41) is 5.59. The van der Waals surface area contributed by atoms with E-state index in [0.717, 1.165) is 35.5 Å². The van der Waals surface area contributed by atoms with Crippen molar-refractivity contribution in [1.29, 1.82) is 0 Å². The van der Waals surface area contributed by atoms with Gasteiger partial charge in [-0.1, -0.05) is 99.0 Å². The summed E-state index contributed by atoms with van der Waals surface area (Å²) in [4.78, 5) is 0. The van der Waals surface area contributed by atoms with Crippen molar-refractivity contribution in [1.82, 2.24) is 0 Å². The van der Waals surface area contributed by atoms with E-state index in [-0.39, 0.29) is 30.2 Å². The van der Waals surface area contributed by atoms with Gasteiger partial charge in [0.1, 0.15) is 0 Å². The zero-order valence-electron chi connectivity index (χ0n) is 38.1. The van der Waals surface area contributed by atoms with E-state index in [0.29, 0.717) is 16.7 Å². The van der Waals surface area contributed by atoms with Gasteiger partial charge >= 0.3 is 41.9 Å². The average Bonchev–Trinajstić information content (AvgIpc) is 3.84. The second-order valence-electron chi connectivity index (χ2n) is 21.7. The molecule has 1 unspecified atom stereocenters. The molecular formula is C58H68Cl2SiZr-2. The van der Waals surface area contributed by atoms with Gasteiger partial charge in [0.15, 0.2) is 0 Å². The van der Waals surface area contributed by atoms with E-state index in [9.17, 15) is 0 Å². The third kappa shape index (κ3) is 9.14. The first-order valence-corrected chi connectivity index (χ1v) is 30.3. The molecule has 62 heavy (non-hydrogen) atoms. The topological polar surface area (TPSA) is 0 Å². The van der Waals surface area contributed by atoms with E-state index in [1.165, 1.54) is 145 Å². The molecule has 14 rings (SSSR count). The Balaban J connectivity index is 0.000000154. The van der Waals surface area contributed by atoms with Gasteiger partial charge in [0, 0.05) is 0 Å². The Hall–Kier alpha value is -2.22. The molecule has 8 aliphatic rings. The van der Waals surface area contributed by atoms with Gasteiger partial charge in [0.05, 0.1) is 0 Å². The number of aryl methyl sites for hydroxylation is 1. The fourth-order valence-corrected chi connectivity index (χ4v) is 15.0. The molecular weight excluding hydrogens is 887 g/mol. The van der Waals surface area contributed by atoms with Crippen LogP contribution in [0.3, 0.4) is 0 Å². The molecule has 8 saturated carbocycles. The van der Waals surface area contributed by atoms with Crippen LogP contribution < -0.4 is 24.8 Å². The van der Waals surface area contributed by atoms with Crippen molar-refractivity contribution in [3.05, 3.63) is 131 Å². The van der Waals surface area contributed by atoms with Crippen LogP contribution in [-0.4, -0.2) is 5.43 Å². The minimum atomic E-state index is 0. The molecule has 0 spiro atoms. The monoisotopic (exact) mass is 952 g/mol. The summed E-state index contributed by atoms with van der Waals surface area (Å²) in [6.07, 6.45) is 20.4. The van der Waals surface area contributed by atoms with Crippen LogP contribution in [0.2, 0.25) is 13.1 Å². The van der Waals surface area contributed by atoms with Crippen molar-refractivity contribution >= 4 is 27.0 Å². The van der Waals surface area contributed by atoms with Crippen LogP contribution in [0.1, 0.15) is 132 Å². The minimum Gasteiger partial charge on any atom is -1.00 e. The number of hydrogen-bond acceptors (Lipinski definition) is 0. The van der Waals surface area contributed by atoms with Gasteiger partial charge in [0.2, 0.25) is 0 Å². The fourth-order valence-electron chi connectivity index (χ4n) is 15.0. The van der Waals surface area contributed by atoms with E-state index in [2.05, 4.69) is 143 Å². The molecule has 0 aromatic heterocycles. The first-order valence-electron chi connectivity index (χ1n) is 24.1. The zero-order chi connectivity index (χ0) is 41.2. The fraction of sp³-hybridized carbons (Fsp3) is 0.483. The van der Waals surface area contributed by atoms with Gasteiger partial charge < -0.3 is 24.8 Å². The van der Waals surface area contributed by atoms with E-state index in [1.807, 2.05) is 0 Å². The molecule has 0 aliphatic heterocycles. The van der Waals surface area contributed by atoms with E-state index >= 15 is 0 Å². The molecule has 8 bridgehead atoms. The van der Waals surface area contributed by atoms with E-state index in [4.69, 9.17) is 0 Å². The van der Waals surface area contributed by atoms with Crippen LogP contribution in [-0.2, 0) is 34.2 Å². The maximum absolute atomic E-state index is 2.49. The smallest absolute Gasteiger partial charge is 0.00391 e. The normalized spacial score (nSPS) is 29.0. The number of hydrogen-bond donors (Lipinski definition) is 0. The first kappa shape index (κ1) is 46.3. The predicted octanol–water partition coefficient (Wildman–Crippen LogP) is 10.4. The van der Waals surface area contributed by atoms with Crippen molar-refractivity contribution in [2.45, 2.75) is 141 Å². The SMILES string of the molecule is CCCC(C)c1cc2c(-c3ccc(C45CC6CC(CC(C6)C4)C5)cc3)cccc2[cH-]1.C[Si](C)=[Zr+2].Cc1cc2c(-c3ccc(C45CC6CC(CC(C6)C4)C5)cc3)cccc2[cH-]1.[Cl-].[Cl-]. The standard InChI is InChI=1S/C30H35.C26H27.C2H6Si.2ClH.Zr/c1-3-5-20(2)26-15-25-6-4-7-28(29(25)16-26)24-8-10-27(11-9-24)30-17-21-12-22(18-30)14-23(13-21)19-30;1-17-9-22-3-2-4-24(25(22)10-17)21-5-7-23(8-6-21)26-14-18-11-19(15-26)13-20(12-18)16-26;1-3-2;;;/h4,6-11,15-16,20-23H,3,5,12-14,17-19H2,1-2H3;2-10,18-20H,11-16H2,1H3;1-2H3;2*1H;/q2*-1;;;;+2/p-2. The Morgan fingerprint density at radius 2 is 0.952 bits per heavy atom. The van der Waals surface area contributed by atoms with Gasteiger partial charge in [-0.05, 0) is 158 Å². The quantitative estimate of drug-likeness (QED) is 0.111. The van der Waals surface area contributed by atoms with Crippen molar-refractivity contribution < 1.29 is 48.1 Å².